The standard InChI is InChI=1S/C11H20O3/c1-7-4-5-8(2)10(9(12)6-7)11(13)14-3/h7-10,12H,4-6H2,1-3H3. The predicted octanol–water partition coefficient (Wildman–Crippen LogP) is 1.59. The Morgan fingerprint density at radius 2 is 2.00 bits per heavy atom. The summed E-state index contributed by atoms with van der Waals surface area (Å²) in [5.74, 6) is 0.133. The summed E-state index contributed by atoms with van der Waals surface area (Å²) in [7, 11) is 1.39. The fourth-order valence-corrected chi connectivity index (χ4v) is 2.31. The molecule has 4 unspecified atom stereocenters. The van der Waals surface area contributed by atoms with E-state index in [0.29, 0.717) is 12.3 Å². The van der Waals surface area contributed by atoms with E-state index >= 15 is 0 Å². The molecule has 0 aromatic heterocycles. The van der Waals surface area contributed by atoms with Crippen molar-refractivity contribution in [3.05, 3.63) is 0 Å². The Labute approximate surface area is 85.5 Å². The smallest absolute Gasteiger partial charge is 0.311 e. The predicted molar refractivity (Wildman–Crippen MR) is 53.7 cm³/mol. The number of ether oxygens (including phenoxy) is 1. The zero-order valence-corrected chi connectivity index (χ0v) is 9.19. The van der Waals surface area contributed by atoms with Gasteiger partial charge in [0.2, 0.25) is 0 Å². The van der Waals surface area contributed by atoms with Crippen molar-refractivity contribution in [3.63, 3.8) is 0 Å². The summed E-state index contributed by atoms with van der Waals surface area (Å²) >= 11 is 0. The van der Waals surface area contributed by atoms with Gasteiger partial charge in [0.05, 0.1) is 19.1 Å². The van der Waals surface area contributed by atoms with Crippen molar-refractivity contribution in [2.24, 2.45) is 17.8 Å². The van der Waals surface area contributed by atoms with Gasteiger partial charge in [-0.3, -0.25) is 4.79 Å². The van der Waals surface area contributed by atoms with Gasteiger partial charge in [-0.2, -0.15) is 0 Å². The first-order valence-electron chi connectivity index (χ1n) is 5.32. The van der Waals surface area contributed by atoms with Crippen molar-refractivity contribution < 1.29 is 14.6 Å². The normalized spacial score (nSPS) is 38.9. The molecule has 1 aliphatic carbocycles. The van der Waals surface area contributed by atoms with Crippen molar-refractivity contribution >= 4 is 5.97 Å². The Kier molecular flexibility index (Phi) is 3.93. The number of carbonyl (C=O) groups is 1. The lowest BCUT2D eigenvalue weighted by Crippen LogP contribution is -2.33. The quantitative estimate of drug-likeness (QED) is 0.516. The zero-order chi connectivity index (χ0) is 10.7. The number of hydrogen-bond acceptors (Lipinski definition) is 3. The van der Waals surface area contributed by atoms with Crippen LogP contribution in [0.1, 0.15) is 33.1 Å². The second-order valence-corrected chi connectivity index (χ2v) is 4.51. The molecule has 0 aromatic rings. The van der Waals surface area contributed by atoms with E-state index in [0.717, 1.165) is 12.8 Å². The number of carbonyl (C=O) groups excluding carboxylic acids is 1. The van der Waals surface area contributed by atoms with Crippen LogP contribution >= 0.6 is 0 Å². The molecule has 0 bridgehead atoms. The summed E-state index contributed by atoms with van der Waals surface area (Å²) in [6.45, 7) is 4.14. The third kappa shape index (κ3) is 2.47. The highest BCUT2D eigenvalue weighted by Crippen LogP contribution is 2.32. The summed E-state index contributed by atoms with van der Waals surface area (Å²) in [6.07, 6.45) is 2.27. The van der Waals surface area contributed by atoms with Crippen LogP contribution in [-0.2, 0) is 9.53 Å². The summed E-state index contributed by atoms with van der Waals surface area (Å²) in [6, 6.07) is 0. The first-order valence-corrected chi connectivity index (χ1v) is 5.32. The molecule has 0 spiro atoms. The van der Waals surface area contributed by atoms with Crippen molar-refractivity contribution in [1.29, 1.82) is 0 Å². The summed E-state index contributed by atoms with van der Waals surface area (Å²) in [5.41, 5.74) is 0. The SMILES string of the molecule is COC(=O)C1C(C)CCC(C)CC1O. The molecule has 0 aromatic carbocycles. The van der Waals surface area contributed by atoms with Crippen LogP contribution in [0.3, 0.4) is 0 Å². The molecule has 3 heteroatoms. The van der Waals surface area contributed by atoms with E-state index in [-0.39, 0.29) is 17.8 Å². The summed E-state index contributed by atoms with van der Waals surface area (Å²) in [4.78, 5) is 11.5. The fourth-order valence-electron chi connectivity index (χ4n) is 2.31. The van der Waals surface area contributed by atoms with E-state index in [1.165, 1.54) is 7.11 Å². The lowest BCUT2D eigenvalue weighted by atomic mass is 9.88. The number of rotatable bonds is 1. The number of esters is 1. The Morgan fingerprint density at radius 3 is 2.57 bits per heavy atom. The van der Waals surface area contributed by atoms with Crippen LogP contribution in [0.4, 0.5) is 0 Å². The molecule has 1 saturated carbocycles. The molecule has 1 aliphatic rings. The maximum Gasteiger partial charge on any atom is 0.311 e. The molecule has 4 atom stereocenters. The largest absolute Gasteiger partial charge is 0.469 e. The van der Waals surface area contributed by atoms with Gasteiger partial charge in [0, 0.05) is 0 Å². The molecule has 1 fully saturated rings. The van der Waals surface area contributed by atoms with Crippen molar-refractivity contribution in [1.82, 2.24) is 0 Å². The molecule has 3 nitrogen and oxygen atoms in total. The number of aliphatic hydroxyl groups is 1. The van der Waals surface area contributed by atoms with Gasteiger partial charge in [-0.05, 0) is 24.7 Å². The van der Waals surface area contributed by atoms with Crippen LogP contribution < -0.4 is 0 Å². The van der Waals surface area contributed by atoms with Gasteiger partial charge in [-0.15, -0.1) is 0 Å². The lowest BCUT2D eigenvalue weighted by Gasteiger charge is -2.23. The highest BCUT2D eigenvalue weighted by molar-refractivity contribution is 5.73. The van der Waals surface area contributed by atoms with Crippen LogP contribution in [0.2, 0.25) is 0 Å². The van der Waals surface area contributed by atoms with Crippen LogP contribution in [0.25, 0.3) is 0 Å². The molecule has 0 amide bonds. The van der Waals surface area contributed by atoms with Gasteiger partial charge >= 0.3 is 5.97 Å². The topological polar surface area (TPSA) is 46.5 Å². The zero-order valence-electron chi connectivity index (χ0n) is 9.19. The van der Waals surface area contributed by atoms with Gasteiger partial charge in [-0.1, -0.05) is 20.3 Å². The van der Waals surface area contributed by atoms with Gasteiger partial charge in [0.15, 0.2) is 0 Å². The third-order valence-corrected chi connectivity index (χ3v) is 3.26. The van der Waals surface area contributed by atoms with Crippen molar-refractivity contribution in [2.75, 3.05) is 7.11 Å². The number of aliphatic hydroxyl groups excluding tert-OH is 1. The van der Waals surface area contributed by atoms with Gasteiger partial charge < -0.3 is 9.84 Å². The third-order valence-electron chi connectivity index (χ3n) is 3.26. The van der Waals surface area contributed by atoms with Crippen molar-refractivity contribution in [2.45, 2.75) is 39.2 Å². The second kappa shape index (κ2) is 4.78. The van der Waals surface area contributed by atoms with E-state index in [9.17, 15) is 9.90 Å². The molecular formula is C11H20O3. The highest BCUT2D eigenvalue weighted by Gasteiger charge is 2.36. The Morgan fingerprint density at radius 1 is 1.36 bits per heavy atom. The minimum absolute atomic E-state index is 0.224. The van der Waals surface area contributed by atoms with Gasteiger partial charge in [0.1, 0.15) is 0 Å². The molecule has 82 valence electrons. The minimum Gasteiger partial charge on any atom is -0.469 e. The van der Waals surface area contributed by atoms with Crippen LogP contribution in [0, 0.1) is 17.8 Å². The van der Waals surface area contributed by atoms with Gasteiger partial charge in [0.25, 0.3) is 0 Å². The van der Waals surface area contributed by atoms with E-state index in [4.69, 9.17) is 4.74 Å². The average molecular weight is 200 g/mol. The molecule has 0 radical (unpaired) electrons. The first-order chi connectivity index (χ1) is 6.56. The Hall–Kier alpha value is -0.570. The molecule has 0 heterocycles. The van der Waals surface area contributed by atoms with Crippen LogP contribution in [0.15, 0.2) is 0 Å². The number of methoxy groups -OCH3 is 1. The van der Waals surface area contributed by atoms with E-state index in [1.54, 1.807) is 0 Å². The fraction of sp³-hybridized carbons (Fsp3) is 0.909. The molecule has 0 saturated heterocycles. The second-order valence-electron chi connectivity index (χ2n) is 4.51. The van der Waals surface area contributed by atoms with E-state index < -0.39 is 6.10 Å². The molecule has 1 N–H and O–H groups in total. The Balaban J connectivity index is 2.73. The number of hydrogen-bond donors (Lipinski definition) is 1. The van der Waals surface area contributed by atoms with Gasteiger partial charge in [-0.25, -0.2) is 0 Å². The van der Waals surface area contributed by atoms with E-state index in [1.807, 2.05) is 6.92 Å². The summed E-state index contributed by atoms with van der Waals surface area (Å²) in [5, 5.41) is 9.89. The maximum absolute atomic E-state index is 11.5. The molecule has 0 aliphatic heterocycles. The van der Waals surface area contributed by atoms with Crippen LogP contribution in [0.5, 0.6) is 0 Å². The molecular weight excluding hydrogens is 180 g/mol. The van der Waals surface area contributed by atoms with E-state index in [2.05, 4.69) is 6.92 Å². The minimum atomic E-state index is -0.532. The van der Waals surface area contributed by atoms with Crippen LogP contribution in [-0.4, -0.2) is 24.3 Å². The molecule has 1 rings (SSSR count). The maximum atomic E-state index is 11.5. The highest BCUT2D eigenvalue weighted by atomic mass is 16.5. The average Bonchev–Trinajstić information content (AvgIpc) is 2.25. The molecule has 14 heavy (non-hydrogen) atoms. The Bertz CT molecular complexity index is 203. The van der Waals surface area contributed by atoms with Crippen molar-refractivity contribution in [3.8, 4) is 0 Å². The first kappa shape index (κ1) is 11.5. The lowest BCUT2D eigenvalue weighted by molar-refractivity contribution is -0.152. The monoisotopic (exact) mass is 200 g/mol. The summed E-state index contributed by atoms with van der Waals surface area (Å²) < 4.78 is 4.72.